The molecule has 0 amide bonds. The number of carbonyl (C=O) groups is 1. The van der Waals surface area contributed by atoms with E-state index < -0.39 is 18.6 Å². The van der Waals surface area contributed by atoms with E-state index in [0.717, 1.165) is 0 Å². The summed E-state index contributed by atoms with van der Waals surface area (Å²) in [6.07, 6.45) is 0. The molecule has 0 aliphatic rings. The molecule has 2 N–H and O–H groups in total. The summed E-state index contributed by atoms with van der Waals surface area (Å²) in [6, 6.07) is 4.55. The van der Waals surface area contributed by atoms with E-state index >= 15 is 0 Å². The number of nitrogens with two attached hydrogens (primary N) is 1. The van der Waals surface area contributed by atoms with Crippen LogP contribution in [0.25, 0.3) is 0 Å². The zero-order valence-corrected chi connectivity index (χ0v) is 9.75. The Morgan fingerprint density at radius 1 is 1.29 bits per heavy atom. The lowest BCUT2D eigenvalue weighted by Crippen LogP contribution is -2.22. The van der Waals surface area contributed by atoms with Crippen molar-refractivity contribution in [1.82, 2.24) is 0 Å². The van der Waals surface area contributed by atoms with Crippen LogP contribution in [0.5, 0.6) is 5.75 Å². The lowest BCUT2D eigenvalue weighted by atomic mass is 10.1. The van der Waals surface area contributed by atoms with Crippen LogP contribution in [0.1, 0.15) is 11.6 Å². The average Bonchev–Trinajstić information content (AvgIpc) is 2.27. The maximum atomic E-state index is 11.8. The molecule has 0 bridgehead atoms. The van der Waals surface area contributed by atoms with Gasteiger partial charge in [0.25, 0.3) is 0 Å². The normalized spacial score (nSPS) is 11.6. The summed E-state index contributed by atoms with van der Waals surface area (Å²) in [5, 5.41) is 0. The first-order valence-corrected chi connectivity index (χ1v) is 4.42. The number of alkyl halides is 2. The van der Waals surface area contributed by atoms with Crippen LogP contribution in [-0.2, 0) is 9.53 Å². The minimum atomic E-state index is -2.87. The van der Waals surface area contributed by atoms with E-state index in [0.29, 0.717) is 5.56 Å². The monoisotopic (exact) mass is 267 g/mol. The van der Waals surface area contributed by atoms with Gasteiger partial charge in [0, 0.05) is 0 Å². The molecule has 1 atom stereocenters. The van der Waals surface area contributed by atoms with Crippen molar-refractivity contribution >= 4 is 18.4 Å². The molecule has 0 heterocycles. The quantitative estimate of drug-likeness (QED) is 0.846. The first kappa shape index (κ1) is 15.6. The second kappa shape index (κ2) is 7.03. The van der Waals surface area contributed by atoms with Gasteiger partial charge in [-0.1, -0.05) is 12.1 Å². The molecule has 0 radical (unpaired) electrons. The molecule has 0 saturated heterocycles. The molecule has 0 aliphatic carbocycles. The molecule has 0 aliphatic heterocycles. The minimum Gasteiger partial charge on any atom is -0.468 e. The highest BCUT2D eigenvalue weighted by molar-refractivity contribution is 5.85. The Balaban J connectivity index is 0.00000256. The van der Waals surface area contributed by atoms with Crippen molar-refractivity contribution in [2.45, 2.75) is 12.7 Å². The molecule has 0 fully saturated rings. The summed E-state index contributed by atoms with van der Waals surface area (Å²) in [7, 11) is 1.22. The minimum absolute atomic E-state index is 0. The maximum Gasteiger partial charge on any atom is 0.387 e. The fourth-order valence-corrected chi connectivity index (χ4v) is 1.12. The Labute approximate surface area is 103 Å². The lowest BCUT2D eigenvalue weighted by molar-refractivity contribution is -0.142. The smallest absolute Gasteiger partial charge is 0.387 e. The van der Waals surface area contributed by atoms with E-state index in [-0.39, 0.29) is 18.2 Å². The molecule has 96 valence electrons. The van der Waals surface area contributed by atoms with E-state index in [1.165, 1.54) is 31.4 Å². The average molecular weight is 268 g/mol. The third-order valence-electron chi connectivity index (χ3n) is 1.92. The van der Waals surface area contributed by atoms with Crippen LogP contribution in [0.15, 0.2) is 24.3 Å². The molecular weight excluding hydrogens is 256 g/mol. The second-order valence-electron chi connectivity index (χ2n) is 2.95. The van der Waals surface area contributed by atoms with Gasteiger partial charge in [0.05, 0.1) is 7.11 Å². The van der Waals surface area contributed by atoms with Crippen LogP contribution in [0.2, 0.25) is 0 Å². The molecule has 7 heteroatoms. The van der Waals surface area contributed by atoms with Crippen LogP contribution in [0, 0.1) is 0 Å². The topological polar surface area (TPSA) is 61.5 Å². The largest absolute Gasteiger partial charge is 0.468 e. The van der Waals surface area contributed by atoms with Crippen LogP contribution < -0.4 is 10.5 Å². The molecule has 1 rings (SSSR count). The third kappa shape index (κ3) is 4.54. The van der Waals surface area contributed by atoms with Gasteiger partial charge in [0.15, 0.2) is 0 Å². The Kier molecular flexibility index (Phi) is 6.45. The Bertz CT molecular complexity index is 359. The highest BCUT2D eigenvalue weighted by atomic mass is 35.5. The van der Waals surface area contributed by atoms with Crippen LogP contribution >= 0.6 is 12.4 Å². The molecule has 4 nitrogen and oxygen atoms in total. The Morgan fingerprint density at radius 2 is 1.82 bits per heavy atom. The van der Waals surface area contributed by atoms with Gasteiger partial charge in [-0.05, 0) is 17.7 Å². The summed E-state index contributed by atoms with van der Waals surface area (Å²) in [4.78, 5) is 11.1. The standard InChI is InChI=1S/C10H11F2NO3.ClH/c1-15-9(14)8(13)6-2-4-7(5-3-6)16-10(11)12;/h2-5,8,10H,13H2,1H3;1H/t8-;/m0./s1. The molecule has 0 unspecified atom stereocenters. The lowest BCUT2D eigenvalue weighted by Gasteiger charge is -2.10. The van der Waals surface area contributed by atoms with Crippen molar-refractivity contribution in [2.75, 3.05) is 7.11 Å². The second-order valence-corrected chi connectivity index (χ2v) is 2.95. The van der Waals surface area contributed by atoms with Crippen molar-refractivity contribution in [3.05, 3.63) is 29.8 Å². The van der Waals surface area contributed by atoms with Crippen molar-refractivity contribution in [1.29, 1.82) is 0 Å². The van der Waals surface area contributed by atoms with Crippen LogP contribution in [0.4, 0.5) is 8.78 Å². The Morgan fingerprint density at radius 3 is 2.24 bits per heavy atom. The van der Waals surface area contributed by atoms with Crippen LogP contribution in [0.3, 0.4) is 0 Å². The van der Waals surface area contributed by atoms with Gasteiger partial charge in [-0.15, -0.1) is 12.4 Å². The van der Waals surface area contributed by atoms with Crippen molar-refractivity contribution in [2.24, 2.45) is 5.73 Å². The SMILES string of the molecule is COC(=O)[C@@H](N)c1ccc(OC(F)F)cc1.Cl. The summed E-state index contributed by atoms with van der Waals surface area (Å²) in [5.41, 5.74) is 6.00. The number of rotatable bonds is 4. The zero-order chi connectivity index (χ0) is 12.1. The summed E-state index contributed by atoms with van der Waals surface area (Å²) < 4.78 is 32.3. The van der Waals surface area contributed by atoms with Gasteiger partial charge in [-0.3, -0.25) is 4.79 Å². The van der Waals surface area contributed by atoms with E-state index in [9.17, 15) is 13.6 Å². The molecule has 0 spiro atoms. The highest BCUT2D eigenvalue weighted by Crippen LogP contribution is 2.18. The number of methoxy groups -OCH3 is 1. The molecule has 0 aromatic heterocycles. The third-order valence-corrected chi connectivity index (χ3v) is 1.92. The van der Waals surface area contributed by atoms with Gasteiger partial charge >= 0.3 is 12.6 Å². The fraction of sp³-hybridized carbons (Fsp3) is 0.300. The van der Waals surface area contributed by atoms with Gasteiger partial charge in [-0.2, -0.15) is 8.78 Å². The number of benzene rings is 1. The van der Waals surface area contributed by atoms with Crippen molar-refractivity contribution < 1.29 is 23.0 Å². The Hall–Kier alpha value is -1.40. The number of ether oxygens (including phenoxy) is 2. The van der Waals surface area contributed by atoms with E-state index in [2.05, 4.69) is 9.47 Å². The van der Waals surface area contributed by atoms with Gasteiger partial charge < -0.3 is 15.2 Å². The first-order chi connectivity index (χ1) is 7.54. The van der Waals surface area contributed by atoms with Gasteiger partial charge in [0.1, 0.15) is 11.8 Å². The number of esters is 1. The maximum absolute atomic E-state index is 11.8. The molecule has 17 heavy (non-hydrogen) atoms. The fourth-order valence-electron chi connectivity index (χ4n) is 1.12. The molecule has 1 aromatic carbocycles. The van der Waals surface area contributed by atoms with Gasteiger partial charge in [-0.25, -0.2) is 0 Å². The molecule has 1 aromatic rings. The van der Waals surface area contributed by atoms with Crippen LogP contribution in [-0.4, -0.2) is 19.7 Å². The number of hydrogen-bond acceptors (Lipinski definition) is 4. The predicted octanol–water partition coefficient (Wildman–Crippen LogP) is 1.88. The predicted molar refractivity (Wildman–Crippen MR) is 59.3 cm³/mol. The van der Waals surface area contributed by atoms with E-state index in [1.54, 1.807) is 0 Å². The number of carbonyl (C=O) groups excluding carboxylic acids is 1. The van der Waals surface area contributed by atoms with Gasteiger partial charge in [0.2, 0.25) is 0 Å². The summed E-state index contributed by atoms with van der Waals surface area (Å²) in [5.74, 6) is -0.585. The summed E-state index contributed by atoms with van der Waals surface area (Å²) >= 11 is 0. The van der Waals surface area contributed by atoms with Crippen molar-refractivity contribution in [3.63, 3.8) is 0 Å². The zero-order valence-electron chi connectivity index (χ0n) is 8.93. The number of hydrogen-bond donors (Lipinski definition) is 1. The first-order valence-electron chi connectivity index (χ1n) is 4.42. The van der Waals surface area contributed by atoms with E-state index in [4.69, 9.17) is 5.73 Å². The van der Waals surface area contributed by atoms with E-state index in [1.807, 2.05) is 0 Å². The molecular formula is C10H12ClF2NO3. The molecule has 0 saturated carbocycles. The highest BCUT2D eigenvalue weighted by Gasteiger charge is 2.16. The number of halogens is 3. The van der Waals surface area contributed by atoms with Crippen molar-refractivity contribution in [3.8, 4) is 5.75 Å². The summed E-state index contributed by atoms with van der Waals surface area (Å²) in [6.45, 7) is -2.87.